The molecule has 1 aliphatic heterocycles. The van der Waals surface area contributed by atoms with Crippen LogP contribution in [-0.4, -0.2) is 6.54 Å². The standard InChI is InChI=1S/C40H41N3/c1-4-7-27-43-29-25-33(36-15-9-12-18-39(36)43)23-21-31(34-26-30-42(6-3)40-19-13-10-16-37(34)40)20-22-32-24-28-41(5-2)38-17-11-8-14-35(32)38/h8-26,28-30H,4-7,27H2,1-3H3/q+2. The first kappa shape index (κ1) is 28.4. The Bertz CT molecular complexity index is 1890. The first-order valence-electron chi connectivity index (χ1n) is 15.7. The van der Waals surface area contributed by atoms with Crippen LogP contribution in [0.15, 0.2) is 128 Å². The molecule has 3 aromatic carbocycles. The van der Waals surface area contributed by atoms with Crippen LogP contribution in [0.2, 0.25) is 0 Å². The zero-order valence-corrected chi connectivity index (χ0v) is 25.6. The second-order valence-corrected chi connectivity index (χ2v) is 11.1. The van der Waals surface area contributed by atoms with Crippen molar-refractivity contribution >= 4 is 44.7 Å². The molecule has 214 valence electrons. The Morgan fingerprint density at radius 3 is 2.28 bits per heavy atom. The number of para-hydroxylation sites is 3. The van der Waals surface area contributed by atoms with Crippen molar-refractivity contribution in [1.29, 1.82) is 0 Å². The highest BCUT2D eigenvalue weighted by atomic mass is 15.1. The third kappa shape index (κ3) is 5.81. The summed E-state index contributed by atoms with van der Waals surface area (Å²) in [5, 5.41) is 2.54. The monoisotopic (exact) mass is 563 g/mol. The van der Waals surface area contributed by atoms with Gasteiger partial charge in [0.1, 0.15) is 13.1 Å². The predicted molar refractivity (Wildman–Crippen MR) is 182 cm³/mol. The van der Waals surface area contributed by atoms with E-state index in [1.165, 1.54) is 68.2 Å². The van der Waals surface area contributed by atoms with Gasteiger partial charge in [-0.2, -0.15) is 9.13 Å². The van der Waals surface area contributed by atoms with Gasteiger partial charge in [0.05, 0.1) is 10.8 Å². The highest BCUT2D eigenvalue weighted by Gasteiger charge is 2.16. The molecular formula is C40H41N3+2. The maximum absolute atomic E-state index is 2.39. The van der Waals surface area contributed by atoms with Gasteiger partial charge in [-0.05, 0) is 54.8 Å². The van der Waals surface area contributed by atoms with Crippen molar-refractivity contribution < 1.29 is 9.13 Å². The lowest BCUT2D eigenvalue weighted by Crippen LogP contribution is -2.34. The summed E-state index contributed by atoms with van der Waals surface area (Å²) in [6.07, 6.45) is 20.4. The molecule has 0 radical (unpaired) electrons. The zero-order valence-electron chi connectivity index (χ0n) is 25.6. The zero-order chi connectivity index (χ0) is 29.6. The number of aryl methyl sites for hydroxylation is 2. The van der Waals surface area contributed by atoms with E-state index in [4.69, 9.17) is 0 Å². The second kappa shape index (κ2) is 13.0. The molecule has 0 bridgehead atoms. The molecule has 0 fully saturated rings. The Hall–Kier alpha value is -4.76. The summed E-state index contributed by atoms with van der Waals surface area (Å²) in [6.45, 7) is 9.56. The molecule has 0 atom stereocenters. The van der Waals surface area contributed by atoms with Crippen LogP contribution < -0.4 is 14.0 Å². The number of pyridine rings is 2. The number of allylic oxidation sites excluding steroid dienone is 6. The van der Waals surface area contributed by atoms with Crippen LogP contribution in [0, 0.1) is 0 Å². The first-order chi connectivity index (χ1) is 21.2. The Morgan fingerprint density at radius 1 is 0.767 bits per heavy atom. The lowest BCUT2D eigenvalue weighted by atomic mass is 9.96. The minimum absolute atomic E-state index is 0.934. The average molecular weight is 564 g/mol. The van der Waals surface area contributed by atoms with Gasteiger partial charge < -0.3 is 4.90 Å². The Morgan fingerprint density at radius 2 is 1.49 bits per heavy atom. The van der Waals surface area contributed by atoms with E-state index in [1.807, 2.05) is 0 Å². The molecule has 3 heteroatoms. The number of unbranched alkanes of at least 4 members (excludes halogenated alkanes) is 1. The topological polar surface area (TPSA) is 11.0 Å². The molecule has 5 aromatic rings. The van der Waals surface area contributed by atoms with Crippen molar-refractivity contribution in [1.82, 2.24) is 0 Å². The fraction of sp³-hybridized carbons (Fsp3) is 0.200. The van der Waals surface area contributed by atoms with E-state index in [0.717, 1.165) is 19.6 Å². The lowest BCUT2D eigenvalue weighted by molar-refractivity contribution is -0.671. The summed E-state index contributed by atoms with van der Waals surface area (Å²) in [4.78, 5) is 2.30. The molecule has 0 saturated heterocycles. The van der Waals surface area contributed by atoms with Gasteiger partial charge in [-0.15, -0.1) is 0 Å². The molecule has 0 N–H and O–H groups in total. The van der Waals surface area contributed by atoms with Crippen molar-refractivity contribution in [3.8, 4) is 0 Å². The van der Waals surface area contributed by atoms with E-state index in [0.29, 0.717) is 0 Å². The summed E-state index contributed by atoms with van der Waals surface area (Å²) in [5.74, 6) is 0. The smallest absolute Gasteiger partial charge is 0.213 e. The minimum Gasteiger partial charge on any atom is -0.348 e. The summed E-state index contributed by atoms with van der Waals surface area (Å²) >= 11 is 0. The van der Waals surface area contributed by atoms with Gasteiger partial charge in [-0.25, -0.2) is 0 Å². The van der Waals surface area contributed by atoms with Crippen LogP contribution in [0.25, 0.3) is 39.0 Å². The summed E-state index contributed by atoms with van der Waals surface area (Å²) in [6, 6.07) is 30.7. The molecule has 0 amide bonds. The average Bonchev–Trinajstić information content (AvgIpc) is 3.07. The summed E-state index contributed by atoms with van der Waals surface area (Å²) in [5.41, 5.74) is 9.91. The molecule has 1 aliphatic rings. The molecule has 0 spiro atoms. The Kier molecular flexibility index (Phi) is 8.60. The van der Waals surface area contributed by atoms with Crippen molar-refractivity contribution in [2.75, 3.05) is 11.4 Å². The predicted octanol–water partition coefficient (Wildman–Crippen LogP) is 8.92. The Balaban J connectivity index is 1.49. The molecule has 3 heterocycles. The molecule has 3 nitrogen and oxygen atoms in total. The van der Waals surface area contributed by atoms with Gasteiger partial charge in [-0.1, -0.05) is 80.1 Å². The molecule has 2 aromatic heterocycles. The molecular weight excluding hydrogens is 522 g/mol. The third-order valence-corrected chi connectivity index (χ3v) is 8.47. The number of aromatic nitrogens is 2. The highest BCUT2D eigenvalue weighted by molar-refractivity contribution is 5.97. The van der Waals surface area contributed by atoms with Gasteiger partial charge in [0, 0.05) is 60.2 Å². The molecule has 43 heavy (non-hydrogen) atoms. The number of fused-ring (bicyclic) bond motifs is 3. The van der Waals surface area contributed by atoms with E-state index in [2.05, 4.69) is 169 Å². The van der Waals surface area contributed by atoms with Gasteiger partial charge in [0.2, 0.25) is 11.0 Å². The van der Waals surface area contributed by atoms with Gasteiger partial charge in [0.15, 0.2) is 12.4 Å². The second-order valence-electron chi connectivity index (χ2n) is 11.1. The third-order valence-electron chi connectivity index (χ3n) is 8.47. The number of rotatable bonds is 9. The largest absolute Gasteiger partial charge is 0.348 e. The number of nitrogens with zero attached hydrogens (tertiary/aromatic N) is 3. The van der Waals surface area contributed by atoms with Crippen LogP contribution in [0.3, 0.4) is 0 Å². The van der Waals surface area contributed by atoms with E-state index in [1.54, 1.807) is 0 Å². The molecule has 6 rings (SSSR count). The van der Waals surface area contributed by atoms with Crippen LogP contribution in [0.1, 0.15) is 50.3 Å². The number of benzene rings is 3. The number of anilines is 1. The van der Waals surface area contributed by atoms with E-state index in [-0.39, 0.29) is 0 Å². The van der Waals surface area contributed by atoms with Crippen molar-refractivity contribution in [2.45, 2.75) is 46.7 Å². The molecule has 0 aliphatic carbocycles. The van der Waals surface area contributed by atoms with Gasteiger partial charge in [-0.3, -0.25) is 0 Å². The van der Waals surface area contributed by atoms with Crippen LogP contribution in [-0.2, 0) is 13.1 Å². The normalized spacial score (nSPS) is 14.3. The fourth-order valence-corrected chi connectivity index (χ4v) is 6.12. The SMILES string of the molecule is CCCC[n+]1ccc(/C=C/C(=C/C=C2/C=CN(CC)c3ccccc32)c2cc[n+](CC)c3ccccc23)c2ccccc21. The van der Waals surface area contributed by atoms with Crippen LogP contribution in [0.4, 0.5) is 5.69 Å². The highest BCUT2D eigenvalue weighted by Crippen LogP contribution is 2.33. The molecule has 0 saturated carbocycles. The number of hydrogen-bond donors (Lipinski definition) is 0. The van der Waals surface area contributed by atoms with Crippen LogP contribution in [0.5, 0.6) is 0 Å². The first-order valence-corrected chi connectivity index (χ1v) is 15.7. The van der Waals surface area contributed by atoms with E-state index >= 15 is 0 Å². The Labute approximate surface area is 256 Å². The van der Waals surface area contributed by atoms with Crippen molar-refractivity contribution in [3.05, 3.63) is 145 Å². The maximum atomic E-state index is 2.39. The van der Waals surface area contributed by atoms with Crippen LogP contribution >= 0.6 is 0 Å². The van der Waals surface area contributed by atoms with Gasteiger partial charge in [0.25, 0.3) is 0 Å². The van der Waals surface area contributed by atoms with Crippen molar-refractivity contribution in [2.24, 2.45) is 0 Å². The lowest BCUT2D eigenvalue weighted by Gasteiger charge is -2.26. The fourth-order valence-electron chi connectivity index (χ4n) is 6.12. The van der Waals surface area contributed by atoms with Crippen molar-refractivity contribution in [3.63, 3.8) is 0 Å². The summed E-state index contributed by atoms with van der Waals surface area (Å²) in [7, 11) is 0. The summed E-state index contributed by atoms with van der Waals surface area (Å²) < 4.78 is 4.70. The number of hydrogen-bond acceptors (Lipinski definition) is 1. The van der Waals surface area contributed by atoms with E-state index in [9.17, 15) is 0 Å². The molecule has 0 unspecified atom stereocenters. The quantitative estimate of drug-likeness (QED) is 0.129. The minimum atomic E-state index is 0.934. The maximum Gasteiger partial charge on any atom is 0.213 e. The van der Waals surface area contributed by atoms with E-state index < -0.39 is 0 Å². The van der Waals surface area contributed by atoms with Gasteiger partial charge >= 0.3 is 0 Å².